The lowest BCUT2D eigenvalue weighted by atomic mass is 10.2. The molecule has 1 amide bonds. The van der Waals surface area contributed by atoms with E-state index in [0.717, 1.165) is 9.87 Å². The van der Waals surface area contributed by atoms with Crippen LogP contribution in [0.25, 0.3) is 0 Å². The molecule has 0 radical (unpaired) electrons. The van der Waals surface area contributed by atoms with E-state index in [1.165, 1.54) is 17.4 Å². The van der Waals surface area contributed by atoms with Gasteiger partial charge >= 0.3 is 0 Å². The first kappa shape index (κ1) is 24.8. The maximum absolute atomic E-state index is 13.7. The Bertz CT molecular complexity index is 1300. The number of hydrogen-bond donors (Lipinski definition) is 1. The van der Waals surface area contributed by atoms with E-state index in [2.05, 4.69) is 5.32 Å². The number of hydrogen-bond acceptors (Lipinski definition) is 7. The quantitative estimate of drug-likeness (QED) is 0.461. The summed E-state index contributed by atoms with van der Waals surface area (Å²) in [5.74, 6) is 0.231. The fourth-order valence-electron chi connectivity index (χ4n) is 3.42. The van der Waals surface area contributed by atoms with Gasteiger partial charge in [-0.1, -0.05) is 29.8 Å². The first-order valence-electron chi connectivity index (χ1n) is 10.6. The monoisotopic (exact) mass is 517 g/mol. The van der Waals surface area contributed by atoms with Crippen LogP contribution >= 0.6 is 11.6 Å². The second-order valence-corrected chi connectivity index (χ2v) is 9.92. The maximum atomic E-state index is 13.7. The molecule has 184 valence electrons. The third kappa shape index (κ3) is 5.51. The summed E-state index contributed by atoms with van der Waals surface area (Å²) in [6.45, 7) is 1.64. The zero-order valence-electron chi connectivity index (χ0n) is 19.1. The third-order valence-corrected chi connectivity index (χ3v) is 7.60. The van der Waals surface area contributed by atoms with Crippen molar-refractivity contribution in [1.82, 2.24) is 5.32 Å². The highest BCUT2D eigenvalue weighted by Crippen LogP contribution is 2.31. The highest BCUT2D eigenvalue weighted by atomic mass is 35.5. The molecular weight excluding hydrogens is 494 g/mol. The minimum absolute atomic E-state index is 0.00380. The van der Waals surface area contributed by atoms with Crippen molar-refractivity contribution in [3.8, 4) is 5.75 Å². The Morgan fingerprint density at radius 1 is 1.09 bits per heavy atom. The molecule has 1 heterocycles. The van der Waals surface area contributed by atoms with Crippen LogP contribution in [-0.2, 0) is 31.0 Å². The second kappa shape index (κ2) is 10.5. The van der Waals surface area contributed by atoms with Gasteiger partial charge in [0.1, 0.15) is 12.3 Å². The van der Waals surface area contributed by atoms with Crippen molar-refractivity contribution in [3.63, 3.8) is 0 Å². The zero-order chi connectivity index (χ0) is 25.0. The number of sulfonamides is 1. The van der Waals surface area contributed by atoms with Crippen molar-refractivity contribution in [3.05, 3.63) is 82.9 Å². The standard InChI is InChI=1S/C24H24ClN3O6S/c1-17-22(25)4-3-5-23(17)27(15-24(29)26-14-18-6-10-20(32-2)11-7-18)35(30,31)21-12-8-19(9-13-21)28-33-16-34-28/h3-13H,14-16H2,1-2H3,(H,26,29). The van der Waals surface area contributed by atoms with Crippen LogP contribution in [0, 0.1) is 6.92 Å². The number of nitrogens with one attached hydrogen (secondary N) is 1. The van der Waals surface area contributed by atoms with Gasteiger partial charge in [-0.05, 0) is 66.6 Å². The molecule has 1 N–H and O–H groups in total. The van der Waals surface area contributed by atoms with Crippen LogP contribution in [0.2, 0.25) is 5.02 Å². The van der Waals surface area contributed by atoms with E-state index in [4.69, 9.17) is 26.0 Å². The Kier molecular flexibility index (Phi) is 7.46. The van der Waals surface area contributed by atoms with Crippen molar-refractivity contribution in [2.75, 3.05) is 30.0 Å². The fourth-order valence-corrected chi connectivity index (χ4v) is 5.07. The summed E-state index contributed by atoms with van der Waals surface area (Å²) in [5, 5.41) is 4.35. The predicted octanol–water partition coefficient (Wildman–Crippen LogP) is 3.81. The Morgan fingerprint density at radius 3 is 2.37 bits per heavy atom. The number of rotatable bonds is 9. The molecule has 35 heavy (non-hydrogen) atoms. The molecule has 0 atom stereocenters. The molecule has 1 aliphatic heterocycles. The van der Waals surface area contributed by atoms with Crippen LogP contribution in [0.5, 0.6) is 5.75 Å². The number of carbonyl (C=O) groups excluding carboxylic acids is 1. The van der Waals surface area contributed by atoms with Crippen molar-refractivity contribution >= 4 is 38.9 Å². The van der Waals surface area contributed by atoms with E-state index in [1.54, 1.807) is 56.5 Å². The molecule has 0 saturated carbocycles. The van der Waals surface area contributed by atoms with Crippen molar-refractivity contribution in [1.29, 1.82) is 0 Å². The molecular formula is C24H24ClN3O6S. The van der Waals surface area contributed by atoms with Crippen LogP contribution in [0.3, 0.4) is 0 Å². The molecule has 11 heteroatoms. The molecule has 3 aromatic carbocycles. The van der Waals surface area contributed by atoms with Crippen LogP contribution in [0.15, 0.2) is 71.6 Å². The number of ether oxygens (including phenoxy) is 1. The van der Waals surface area contributed by atoms with Crippen LogP contribution in [0.1, 0.15) is 11.1 Å². The Hall–Kier alpha value is -3.31. The summed E-state index contributed by atoms with van der Waals surface area (Å²) < 4.78 is 33.5. The normalized spacial score (nSPS) is 13.2. The summed E-state index contributed by atoms with van der Waals surface area (Å²) in [6.07, 6.45) is 0. The van der Waals surface area contributed by atoms with Gasteiger partial charge in [0.05, 0.1) is 23.4 Å². The first-order valence-corrected chi connectivity index (χ1v) is 12.4. The maximum Gasteiger partial charge on any atom is 0.264 e. The lowest BCUT2D eigenvalue weighted by Crippen LogP contribution is -2.41. The summed E-state index contributed by atoms with van der Waals surface area (Å²) in [7, 11) is -2.54. The summed E-state index contributed by atoms with van der Waals surface area (Å²) in [4.78, 5) is 23.1. The molecule has 1 aliphatic rings. The minimum Gasteiger partial charge on any atom is -0.497 e. The topological polar surface area (TPSA) is 97.4 Å². The van der Waals surface area contributed by atoms with E-state index in [0.29, 0.717) is 27.7 Å². The third-order valence-electron chi connectivity index (χ3n) is 5.42. The van der Waals surface area contributed by atoms with E-state index < -0.39 is 22.5 Å². The highest BCUT2D eigenvalue weighted by Gasteiger charge is 2.29. The van der Waals surface area contributed by atoms with Crippen molar-refractivity contribution in [2.24, 2.45) is 0 Å². The Labute approximate surface area is 208 Å². The van der Waals surface area contributed by atoms with Gasteiger partial charge in [-0.25, -0.2) is 18.1 Å². The van der Waals surface area contributed by atoms with Crippen molar-refractivity contribution < 1.29 is 27.6 Å². The summed E-state index contributed by atoms with van der Waals surface area (Å²) in [6, 6.07) is 18.1. The van der Waals surface area contributed by atoms with Gasteiger partial charge in [-0.3, -0.25) is 9.10 Å². The second-order valence-electron chi connectivity index (χ2n) is 7.65. The number of halogens is 1. The molecule has 9 nitrogen and oxygen atoms in total. The van der Waals surface area contributed by atoms with E-state index >= 15 is 0 Å². The molecule has 1 saturated heterocycles. The van der Waals surface area contributed by atoms with Crippen molar-refractivity contribution in [2.45, 2.75) is 18.4 Å². The lowest BCUT2D eigenvalue weighted by molar-refractivity contribution is -0.277. The van der Waals surface area contributed by atoms with Crippen LogP contribution in [0.4, 0.5) is 11.4 Å². The predicted molar refractivity (Wildman–Crippen MR) is 132 cm³/mol. The van der Waals surface area contributed by atoms with Gasteiger partial charge < -0.3 is 10.1 Å². The molecule has 0 aromatic heterocycles. The summed E-state index contributed by atoms with van der Waals surface area (Å²) in [5.41, 5.74) is 2.24. The number of nitrogens with zero attached hydrogens (tertiary/aromatic N) is 2. The van der Waals surface area contributed by atoms with Gasteiger partial charge in [0.2, 0.25) is 12.7 Å². The van der Waals surface area contributed by atoms with Gasteiger partial charge in [-0.2, -0.15) is 0 Å². The average Bonchev–Trinajstić information content (AvgIpc) is 2.83. The Balaban J connectivity index is 1.58. The smallest absolute Gasteiger partial charge is 0.264 e. The number of benzene rings is 3. The van der Waals surface area contributed by atoms with Gasteiger partial charge in [-0.15, -0.1) is 5.23 Å². The number of carbonyl (C=O) groups is 1. The lowest BCUT2D eigenvalue weighted by Gasteiger charge is -2.30. The molecule has 0 unspecified atom stereocenters. The summed E-state index contributed by atoms with van der Waals surface area (Å²) >= 11 is 6.27. The molecule has 0 bridgehead atoms. The Morgan fingerprint density at radius 2 is 1.77 bits per heavy atom. The van der Waals surface area contributed by atoms with E-state index in [9.17, 15) is 13.2 Å². The van der Waals surface area contributed by atoms with E-state index in [-0.39, 0.29) is 18.2 Å². The van der Waals surface area contributed by atoms with Gasteiger partial charge in [0.25, 0.3) is 10.0 Å². The van der Waals surface area contributed by atoms with Crippen LogP contribution < -0.4 is 19.6 Å². The molecule has 1 fully saturated rings. The molecule has 0 aliphatic carbocycles. The SMILES string of the molecule is COc1ccc(CNC(=O)CN(c2cccc(Cl)c2C)S(=O)(=O)c2ccc(N3OCO3)cc2)cc1. The van der Waals surface area contributed by atoms with Gasteiger partial charge in [0, 0.05) is 11.6 Å². The molecule has 0 spiro atoms. The van der Waals surface area contributed by atoms with Crippen LogP contribution in [-0.4, -0.2) is 34.8 Å². The zero-order valence-corrected chi connectivity index (χ0v) is 20.7. The van der Waals surface area contributed by atoms with E-state index in [1.807, 2.05) is 12.1 Å². The average molecular weight is 518 g/mol. The molecule has 4 rings (SSSR count). The first-order chi connectivity index (χ1) is 16.8. The highest BCUT2D eigenvalue weighted by molar-refractivity contribution is 7.92. The number of amides is 1. The minimum atomic E-state index is -4.11. The molecule has 3 aromatic rings. The fraction of sp³-hybridized carbons (Fsp3) is 0.208. The number of methoxy groups -OCH3 is 1. The van der Waals surface area contributed by atoms with Gasteiger partial charge in [0.15, 0.2) is 0 Å². The number of anilines is 2. The largest absolute Gasteiger partial charge is 0.497 e.